The fourth-order valence-corrected chi connectivity index (χ4v) is 2.88. The van der Waals surface area contributed by atoms with Crippen LogP contribution in [0.1, 0.15) is 39.6 Å². The Kier molecular flexibility index (Phi) is 3.87. The number of esters is 1. The highest BCUT2D eigenvalue weighted by Crippen LogP contribution is 2.36. The van der Waals surface area contributed by atoms with Crippen LogP contribution >= 0.6 is 0 Å². The van der Waals surface area contributed by atoms with Gasteiger partial charge in [-0.2, -0.15) is 0 Å². The minimum absolute atomic E-state index is 0.226. The highest BCUT2D eigenvalue weighted by atomic mass is 16.5. The number of rotatable bonds is 3. The maximum absolute atomic E-state index is 13.1. The zero-order valence-corrected chi connectivity index (χ0v) is 15.1. The van der Waals surface area contributed by atoms with E-state index in [0.717, 1.165) is 0 Å². The number of aromatic nitrogens is 2. The van der Waals surface area contributed by atoms with Gasteiger partial charge in [0.1, 0.15) is 6.10 Å². The van der Waals surface area contributed by atoms with Crippen LogP contribution in [0.25, 0.3) is 10.9 Å². The van der Waals surface area contributed by atoms with Crippen molar-refractivity contribution in [2.24, 2.45) is 5.41 Å². The molecule has 0 saturated carbocycles. The molecule has 0 unspecified atom stereocenters. The second-order valence-electron chi connectivity index (χ2n) is 7.70. The number of carbonyl (C=O) groups excluding carboxylic acids is 1. The predicted octanol–water partition coefficient (Wildman–Crippen LogP) is 1.36. The average Bonchev–Trinajstić information content (AvgIpc) is 3.25. The van der Waals surface area contributed by atoms with Crippen molar-refractivity contribution in [3.8, 4) is 0 Å². The van der Waals surface area contributed by atoms with Crippen LogP contribution in [-0.4, -0.2) is 39.9 Å². The van der Waals surface area contributed by atoms with Gasteiger partial charge in [-0.25, -0.2) is 14.5 Å². The van der Waals surface area contributed by atoms with Crippen molar-refractivity contribution in [1.29, 1.82) is 0 Å². The third-order valence-electron chi connectivity index (χ3n) is 4.63. The lowest BCUT2D eigenvalue weighted by molar-refractivity contribution is -0.142. The minimum atomic E-state index is -0.979. The van der Waals surface area contributed by atoms with E-state index in [-0.39, 0.29) is 11.4 Å². The second-order valence-corrected chi connectivity index (χ2v) is 7.70. The molecule has 1 aliphatic rings. The van der Waals surface area contributed by atoms with Gasteiger partial charge in [0.2, 0.25) is 0 Å². The predicted molar refractivity (Wildman–Crippen MR) is 93.9 cm³/mol. The van der Waals surface area contributed by atoms with Crippen molar-refractivity contribution in [3.63, 3.8) is 0 Å². The van der Waals surface area contributed by atoms with E-state index < -0.39 is 23.0 Å². The molecule has 0 radical (unpaired) electrons. The van der Waals surface area contributed by atoms with Gasteiger partial charge < -0.3 is 9.84 Å². The number of carbonyl (C=O) groups is 1. The molecule has 0 amide bonds. The molecule has 1 N–H and O–H groups in total. The SMILES string of the molecule is COC(=O)[C@@]1(C)CN1n1c([C@@H](O)C(C)(C)C)nc2ccccc2c1=O. The molecule has 3 rings (SSSR count). The standard InChI is InChI=1S/C18H23N3O4/c1-17(2,3)13(22)14-19-12-9-7-6-8-11(12)15(23)21(14)20-10-18(20,4)16(24)25-5/h6-9,13,22H,10H2,1-5H3/t13-,18-,20?/m1/s1. The number of para-hydroxylation sites is 1. The lowest BCUT2D eigenvalue weighted by atomic mass is 9.88. The molecule has 25 heavy (non-hydrogen) atoms. The van der Waals surface area contributed by atoms with E-state index in [0.29, 0.717) is 17.4 Å². The summed E-state index contributed by atoms with van der Waals surface area (Å²) in [6, 6.07) is 6.98. The molecule has 1 aromatic carbocycles. The Labute approximate surface area is 145 Å². The molecule has 0 spiro atoms. The van der Waals surface area contributed by atoms with Crippen LogP contribution in [0.4, 0.5) is 0 Å². The summed E-state index contributed by atoms with van der Waals surface area (Å²) in [5.74, 6) is -0.201. The summed E-state index contributed by atoms with van der Waals surface area (Å²) in [4.78, 5) is 29.7. The van der Waals surface area contributed by atoms with Gasteiger partial charge in [0.25, 0.3) is 5.56 Å². The topological polar surface area (TPSA) is 84.4 Å². The molecule has 134 valence electrons. The number of fused-ring (bicyclic) bond motifs is 1. The first kappa shape index (κ1) is 17.4. The van der Waals surface area contributed by atoms with Gasteiger partial charge in [0.15, 0.2) is 11.4 Å². The van der Waals surface area contributed by atoms with E-state index in [2.05, 4.69) is 4.98 Å². The van der Waals surface area contributed by atoms with Crippen molar-refractivity contribution in [2.45, 2.75) is 39.3 Å². The first-order valence-electron chi connectivity index (χ1n) is 8.17. The first-order chi connectivity index (χ1) is 11.6. The van der Waals surface area contributed by atoms with E-state index in [4.69, 9.17) is 4.74 Å². The Morgan fingerprint density at radius 2 is 2.00 bits per heavy atom. The van der Waals surface area contributed by atoms with Gasteiger partial charge in [-0.1, -0.05) is 32.9 Å². The van der Waals surface area contributed by atoms with E-state index in [1.807, 2.05) is 20.8 Å². The summed E-state index contributed by atoms with van der Waals surface area (Å²) in [6.07, 6.45) is -0.979. The Hall–Kier alpha value is -2.41. The average molecular weight is 345 g/mol. The number of nitrogens with zero attached hydrogens (tertiary/aromatic N) is 3. The maximum Gasteiger partial charge on any atom is 0.334 e. The van der Waals surface area contributed by atoms with Crippen LogP contribution in [-0.2, 0) is 9.53 Å². The maximum atomic E-state index is 13.1. The molecule has 1 aliphatic heterocycles. The summed E-state index contributed by atoms with van der Waals surface area (Å²) in [7, 11) is 1.32. The van der Waals surface area contributed by atoms with Gasteiger partial charge in [-0.05, 0) is 24.5 Å². The third kappa shape index (κ3) is 2.68. The number of benzene rings is 1. The van der Waals surface area contributed by atoms with Crippen molar-refractivity contribution in [3.05, 3.63) is 40.4 Å². The van der Waals surface area contributed by atoms with Gasteiger partial charge in [0.05, 0.1) is 24.6 Å². The van der Waals surface area contributed by atoms with Crippen molar-refractivity contribution in [1.82, 2.24) is 9.66 Å². The van der Waals surface area contributed by atoms with Crippen LogP contribution in [0, 0.1) is 5.41 Å². The normalized spacial score (nSPS) is 21.3. The number of hydrogen-bond acceptors (Lipinski definition) is 6. The number of ether oxygens (including phenoxy) is 1. The van der Waals surface area contributed by atoms with Crippen LogP contribution in [0.3, 0.4) is 0 Å². The number of methoxy groups -OCH3 is 1. The van der Waals surface area contributed by atoms with E-state index in [9.17, 15) is 14.7 Å². The van der Waals surface area contributed by atoms with Gasteiger partial charge in [0, 0.05) is 0 Å². The monoisotopic (exact) mass is 345 g/mol. The zero-order valence-electron chi connectivity index (χ0n) is 15.1. The van der Waals surface area contributed by atoms with E-state index in [1.165, 1.54) is 11.8 Å². The molecule has 0 bridgehead atoms. The summed E-state index contributed by atoms with van der Waals surface area (Å²) in [5.41, 5.74) is -1.25. The second kappa shape index (κ2) is 5.56. The summed E-state index contributed by atoms with van der Waals surface area (Å²) < 4.78 is 6.17. The summed E-state index contributed by atoms with van der Waals surface area (Å²) >= 11 is 0. The number of hydrogen-bond donors (Lipinski definition) is 1. The Balaban J connectivity index is 2.24. The highest BCUT2D eigenvalue weighted by molar-refractivity contribution is 5.88. The number of aliphatic hydroxyl groups excluding tert-OH is 1. The Bertz CT molecular complexity index is 899. The van der Waals surface area contributed by atoms with E-state index in [1.54, 1.807) is 36.2 Å². The van der Waals surface area contributed by atoms with Crippen LogP contribution in [0.2, 0.25) is 0 Å². The molecule has 2 aromatic rings. The van der Waals surface area contributed by atoms with Crippen molar-refractivity contribution < 1.29 is 14.6 Å². The Morgan fingerprint density at radius 3 is 2.60 bits per heavy atom. The molecular weight excluding hydrogens is 322 g/mol. The Morgan fingerprint density at radius 1 is 1.36 bits per heavy atom. The van der Waals surface area contributed by atoms with Crippen LogP contribution in [0.5, 0.6) is 0 Å². The lowest BCUT2D eigenvalue weighted by Crippen LogP contribution is -2.41. The molecular formula is C18H23N3O4. The minimum Gasteiger partial charge on any atom is -0.467 e. The molecule has 1 fully saturated rings. The van der Waals surface area contributed by atoms with Crippen molar-refractivity contribution >= 4 is 16.9 Å². The largest absolute Gasteiger partial charge is 0.467 e. The lowest BCUT2D eigenvalue weighted by Gasteiger charge is -2.28. The van der Waals surface area contributed by atoms with Crippen molar-refractivity contribution in [2.75, 3.05) is 18.7 Å². The molecule has 7 heteroatoms. The molecule has 2 atom stereocenters. The van der Waals surface area contributed by atoms with Gasteiger partial charge >= 0.3 is 5.97 Å². The summed E-state index contributed by atoms with van der Waals surface area (Å²) in [5, 5.41) is 12.8. The van der Waals surface area contributed by atoms with E-state index >= 15 is 0 Å². The first-order valence-corrected chi connectivity index (χ1v) is 8.17. The molecule has 7 nitrogen and oxygen atoms in total. The molecule has 0 aliphatic carbocycles. The fourth-order valence-electron chi connectivity index (χ4n) is 2.88. The van der Waals surface area contributed by atoms with Gasteiger partial charge in [-0.3, -0.25) is 9.80 Å². The van der Waals surface area contributed by atoms with Crippen LogP contribution < -0.4 is 10.6 Å². The molecule has 1 saturated heterocycles. The third-order valence-corrected chi connectivity index (χ3v) is 4.63. The summed E-state index contributed by atoms with van der Waals surface area (Å²) in [6.45, 7) is 7.62. The van der Waals surface area contributed by atoms with Crippen LogP contribution in [0.15, 0.2) is 29.1 Å². The highest BCUT2D eigenvalue weighted by Gasteiger charge is 2.58. The molecule has 1 aromatic heterocycles. The smallest absolute Gasteiger partial charge is 0.334 e. The quantitative estimate of drug-likeness (QED) is 0.668. The molecule has 2 heterocycles. The fraction of sp³-hybridized carbons (Fsp3) is 0.500. The number of aliphatic hydroxyl groups is 1. The zero-order chi connectivity index (χ0) is 18.6. The van der Waals surface area contributed by atoms with Gasteiger partial charge in [-0.15, -0.1) is 0 Å².